The van der Waals surface area contributed by atoms with E-state index < -0.39 is 0 Å². The summed E-state index contributed by atoms with van der Waals surface area (Å²) >= 11 is 1.46. The maximum Gasteiger partial charge on any atom is 0.262 e. The van der Waals surface area contributed by atoms with Gasteiger partial charge in [-0.3, -0.25) is 9.36 Å². The fourth-order valence-corrected chi connectivity index (χ4v) is 4.51. The van der Waals surface area contributed by atoms with Gasteiger partial charge in [-0.25, -0.2) is 9.97 Å². The van der Waals surface area contributed by atoms with Gasteiger partial charge in [-0.15, -0.1) is 0 Å². The average molecular weight is 420 g/mol. The number of nitrogens with zero attached hydrogens (tertiary/aromatic N) is 3. The number of para-hydroxylation sites is 1. The van der Waals surface area contributed by atoms with E-state index in [1.807, 2.05) is 54.6 Å². The van der Waals surface area contributed by atoms with E-state index in [1.165, 1.54) is 11.8 Å². The maximum atomic E-state index is 13.2. The van der Waals surface area contributed by atoms with Crippen molar-refractivity contribution in [1.29, 1.82) is 0 Å². The van der Waals surface area contributed by atoms with Crippen molar-refractivity contribution in [3.05, 3.63) is 77.0 Å². The summed E-state index contributed by atoms with van der Waals surface area (Å²) in [6, 6.07) is 17.3. The molecule has 0 spiro atoms. The Morgan fingerprint density at radius 3 is 2.77 bits per heavy atom. The third kappa shape index (κ3) is 3.91. The highest BCUT2D eigenvalue weighted by Gasteiger charge is 2.20. The minimum absolute atomic E-state index is 0.0315. The summed E-state index contributed by atoms with van der Waals surface area (Å²) in [6.45, 7) is 1.27. The van der Waals surface area contributed by atoms with Gasteiger partial charge in [-0.05, 0) is 25.0 Å². The third-order valence-corrected chi connectivity index (χ3v) is 6.13. The number of hydrogen-bond acceptors (Lipinski definition) is 6. The lowest BCUT2D eigenvalue weighted by molar-refractivity contribution is 0.0937. The second-order valence-electron chi connectivity index (χ2n) is 7.24. The summed E-state index contributed by atoms with van der Waals surface area (Å²) < 4.78 is 13.4. The van der Waals surface area contributed by atoms with Crippen LogP contribution in [0.5, 0.6) is 0 Å². The quantitative estimate of drug-likeness (QED) is 0.338. The molecule has 4 aromatic rings. The Morgan fingerprint density at radius 2 is 1.93 bits per heavy atom. The van der Waals surface area contributed by atoms with Gasteiger partial charge in [0.2, 0.25) is 5.89 Å². The summed E-state index contributed by atoms with van der Waals surface area (Å²) in [5, 5.41) is 1.29. The first kappa shape index (κ1) is 19.1. The van der Waals surface area contributed by atoms with E-state index in [4.69, 9.17) is 14.1 Å². The Labute approximate surface area is 177 Å². The van der Waals surface area contributed by atoms with Gasteiger partial charge in [0.15, 0.2) is 10.9 Å². The maximum absolute atomic E-state index is 13.2. The van der Waals surface area contributed by atoms with Crippen LogP contribution >= 0.6 is 11.8 Å². The van der Waals surface area contributed by atoms with Gasteiger partial charge in [0, 0.05) is 12.2 Å². The largest absolute Gasteiger partial charge is 0.440 e. The smallest absolute Gasteiger partial charge is 0.262 e. The monoisotopic (exact) mass is 419 g/mol. The van der Waals surface area contributed by atoms with E-state index >= 15 is 0 Å². The molecule has 0 unspecified atom stereocenters. The van der Waals surface area contributed by atoms with Gasteiger partial charge in [0.05, 0.1) is 35.5 Å². The van der Waals surface area contributed by atoms with E-state index in [2.05, 4.69) is 4.98 Å². The van der Waals surface area contributed by atoms with E-state index in [1.54, 1.807) is 10.8 Å². The van der Waals surface area contributed by atoms with Crippen LogP contribution in [0.15, 0.2) is 75.2 Å². The molecule has 3 heterocycles. The Hall–Kier alpha value is -2.90. The van der Waals surface area contributed by atoms with Crippen molar-refractivity contribution < 1.29 is 9.15 Å². The minimum Gasteiger partial charge on any atom is -0.440 e. The van der Waals surface area contributed by atoms with Gasteiger partial charge in [-0.1, -0.05) is 54.2 Å². The number of fused-ring (bicyclic) bond motifs is 1. The highest BCUT2D eigenvalue weighted by atomic mass is 32.2. The molecule has 5 rings (SSSR count). The Bertz CT molecular complexity index is 1210. The molecule has 1 fully saturated rings. The molecule has 7 heteroatoms. The molecule has 1 atom stereocenters. The first-order chi connectivity index (χ1) is 14.8. The van der Waals surface area contributed by atoms with Gasteiger partial charge in [0.1, 0.15) is 0 Å². The topological polar surface area (TPSA) is 70.2 Å². The van der Waals surface area contributed by atoms with Gasteiger partial charge >= 0.3 is 0 Å². The summed E-state index contributed by atoms with van der Waals surface area (Å²) in [6.07, 6.45) is 3.78. The number of hydrogen-bond donors (Lipinski definition) is 0. The number of aromatic nitrogens is 3. The van der Waals surface area contributed by atoms with Gasteiger partial charge in [0.25, 0.3) is 5.56 Å². The molecular formula is C23H21N3O3S. The summed E-state index contributed by atoms with van der Waals surface area (Å²) in [5.74, 6) is 1.82. The number of ether oxygens (including phenoxy) is 1. The molecule has 0 aliphatic carbocycles. The first-order valence-corrected chi connectivity index (χ1v) is 11.0. The van der Waals surface area contributed by atoms with E-state index in [0.29, 0.717) is 34.2 Å². The Morgan fingerprint density at radius 1 is 1.10 bits per heavy atom. The number of benzene rings is 2. The molecule has 0 saturated carbocycles. The number of thioether (sulfide) groups is 1. The zero-order valence-electron chi connectivity index (χ0n) is 16.4. The fraction of sp³-hybridized carbons (Fsp3) is 0.261. The molecule has 0 radical (unpaired) electrons. The molecule has 2 aromatic heterocycles. The van der Waals surface area contributed by atoms with Crippen LogP contribution in [0.2, 0.25) is 0 Å². The minimum atomic E-state index is -0.0315. The van der Waals surface area contributed by atoms with E-state index in [-0.39, 0.29) is 11.7 Å². The lowest BCUT2D eigenvalue weighted by Gasteiger charge is -2.16. The fourth-order valence-electron chi connectivity index (χ4n) is 3.65. The average Bonchev–Trinajstić information content (AvgIpc) is 3.47. The molecule has 1 saturated heterocycles. The summed E-state index contributed by atoms with van der Waals surface area (Å²) in [4.78, 5) is 22.3. The van der Waals surface area contributed by atoms with Crippen molar-refractivity contribution in [2.75, 3.05) is 6.61 Å². The zero-order chi connectivity index (χ0) is 20.3. The van der Waals surface area contributed by atoms with Crippen LogP contribution in [-0.4, -0.2) is 27.2 Å². The molecule has 0 bridgehead atoms. The molecule has 152 valence electrons. The molecular weight excluding hydrogens is 398 g/mol. The molecule has 1 aliphatic heterocycles. The highest BCUT2D eigenvalue weighted by molar-refractivity contribution is 7.98. The predicted molar refractivity (Wildman–Crippen MR) is 116 cm³/mol. The molecule has 30 heavy (non-hydrogen) atoms. The molecule has 1 aliphatic rings. The molecule has 2 aromatic carbocycles. The lowest BCUT2D eigenvalue weighted by atomic mass is 10.2. The van der Waals surface area contributed by atoms with Crippen molar-refractivity contribution in [3.63, 3.8) is 0 Å². The molecule has 0 N–H and O–H groups in total. The van der Waals surface area contributed by atoms with Crippen molar-refractivity contribution in [2.24, 2.45) is 0 Å². The van der Waals surface area contributed by atoms with E-state index in [0.717, 1.165) is 30.8 Å². The van der Waals surface area contributed by atoms with Crippen molar-refractivity contribution in [2.45, 2.75) is 36.4 Å². The van der Waals surface area contributed by atoms with Crippen LogP contribution in [0, 0.1) is 0 Å². The molecule has 0 amide bonds. The van der Waals surface area contributed by atoms with Crippen LogP contribution in [0.4, 0.5) is 0 Å². The SMILES string of the molecule is O=c1c2ccccc2nc(SCc2ncc(-c3ccccc3)o2)n1C[C@@H]1CCCO1. The Balaban J connectivity index is 1.43. The van der Waals surface area contributed by atoms with Crippen molar-refractivity contribution in [1.82, 2.24) is 14.5 Å². The second kappa shape index (κ2) is 8.45. The van der Waals surface area contributed by atoms with E-state index in [9.17, 15) is 4.79 Å². The highest BCUT2D eigenvalue weighted by Crippen LogP contribution is 2.26. The van der Waals surface area contributed by atoms with Gasteiger partial charge < -0.3 is 9.15 Å². The number of oxazole rings is 1. The standard InChI is InChI=1S/C23H21N3O3S/c27-22-18-10-4-5-11-19(18)25-23(26(22)14-17-9-6-12-28-17)30-15-21-24-13-20(29-21)16-7-2-1-3-8-16/h1-5,7-8,10-11,13,17H,6,9,12,14-15H2/t17-/m0/s1. The lowest BCUT2D eigenvalue weighted by Crippen LogP contribution is -2.28. The summed E-state index contributed by atoms with van der Waals surface area (Å²) in [7, 11) is 0. The van der Waals surface area contributed by atoms with Crippen LogP contribution in [0.25, 0.3) is 22.2 Å². The van der Waals surface area contributed by atoms with Crippen LogP contribution < -0.4 is 5.56 Å². The Kier molecular flexibility index (Phi) is 5.38. The van der Waals surface area contributed by atoms with Crippen LogP contribution in [0.3, 0.4) is 0 Å². The normalized spacial score (nSPS) is 16.3. The van der Waals surface area contributed by atoms with Gasteiger partial charge in [-0.2, -0.15) is 0 Å². The predicted octanol–water partition coefficient (Wildman–Crippen LogP) is 4.52. The zero-order valence-corrected chi connectivity index (χ0v) is 17.2. The second-order valence-corrected chi connectivity index (χ2v) is 8.18. The number of rotatable bonds is 6. The van der Waals surface area contributed by atoms with Crippen LogP contribution in [-0.2, 0) is 17.0 Å². The van der Waals surface area contributed by atoms with Crippen molar-refractivity contribution >= 4 is 22.7 Å². The third-order valence-electron chi connectivity index (χ3n) is 5.17. The summed E-state index contributed by atoms with van der Waals surface area (Å²) in [5.41, 5.74) is 1.65. The first-order valence-electron chi connectivity index (χ1n) is 10.0. The van der Waals surface area contributed by atoms with Crippen LogP contribution in [0.1, 0.15) is 18.7 Å². The van der Waals surface area contributed by atoms with Crippen molar-refractivity contribution in [3.8, 4) is 11.3 Å². The molecule has 6 nitrogen and oxygen atoms in total.